The van der Waals surface area contributed by atoms with Crippen LogP contribution in [0.2, 0.25) is 0 Å². The molecule has 0 radical (unpaired) electrons. The van der Waals surface area contributed by atoms with Crippen LogP contribution in [-0.2, 0) is 6.54 Å². The number of hydrogen-bond acceptors (Lipinski definition) is 5. The van der Waals surface area contributed by atoms with Crippen molar-refractivity contribution in [1.82, 2.24) is 14.9 Å². The summed E-state index contributed by atoms with van der Waals surface area (Å²) in [5.74, 6) is 0.295. The van der Waals surface area contributed by atoms with Crippen molar-refractivity contribution in [2.45, 2.75) is 19.9 Å². The fourth-order valence-corrected chi connectivity index (χ4v) is 2.57. The van der Waals surface area contributed by atoms with Gasteiger partial charge in [0.15, 0.2) is 0 Å². The van der Waals surface area contributed by atoms with Crippen LogP contribution in [0.5, 0.6) is 5.75 Å². The van der Waals surface area contributed by atoms with Crippen molar-refractivity contribution in [3.63, 3.8) is 0 Å². The molecule has 2 aromatic heterocycles. The van der Waals surface area contributed by atoms with E-state index < -0.39 is 5.63 Å². The van der Waals surface area contributed by atoms with Gasteiger partial charge in [-0.3, -0.25) is 4.79 Å². The smallest absolute Gasteiger partial charge is 0.337 e. The Kier molecular flexibility index (Phi) is 5.13. The summed E-state index contributed by atoms with van der Waals surface area (Å²) in [5.41, 5.74) is 0.0728. The third-order valence-corrected chi connectivity index (χ3v) is 3.71. The molecule has 25 heavy (non-hydrogen) atoms. The van der Waals surface area contributed by atoms with E-state index >= 15 is 0 Å². The van der Waals surface area contributed by atoms with Gasteiger partial charge in [-0.15, -0.1) is 0 Å². The van der Waals surface area contributed by atoms with Gasteiger partial charge in [-0.25, -0.2) is 9.78 Å². The fraction of sp³-hybridized carbons (Fsp3) is 0.278. The molecule has 0 fully saturated rings. The summed E-state index contributed by atoms with van der Waals surface area (Å²) in [4.78, 5) is 28.2. The largest absolute Gasteiger partial charge is 0.494 e. The first-order valence-electron chi connectivity index (χ1n) is 8.12. The van der Waals surface area contributed by atoms with Crippen LogP contribution in [0.1, 0.15) is 23.7 Å². The lowest BCUT2D eigenvalue weighted by Crippen LogP contribution is -2.26. The van der Waals surface area contributed by atoms with Crippen molar-refractivity contribution in [3.05, 3.63) is 59.0 Å². The number of carbonyl (C=O) groups is 1. The Morgan fingerprint density at radius 2 is 2.24 bits per heavy atom. The second-order valence-corrected chi connectivity index (χ2v) is 5.48. The van der Waals surface area contributed by atoms with Crippen molar-refractivity contribution in [3.8, 4) is 5.75 Å². The number of nitrogens with zero attached hydrogens (tertiary/aromatic N) is 2. The molecule has 0 aliphatic heterocycles. The molecule has 0 unspecified atom stereocenters. The number of ether oxygens (including phenoxy) is 1. The van der Waals surface area contributed by atoms with Gasteiger partial charge in [0.2, 0.25) is 0 Å². The number of rotatable bonds is 7. The van der Waals surface area contributed by atoms with E-state index in [2.05, 4.69) is 10.3 Å². The summed E-state index contributed by atoms with van der Waals surface area (Å²) in [5, 5.41) is 3.41. The molecule has 7 nitrogen and oxygen atoms in total. The Bertz CT molecular complexity index is 916. The zero-order valence-electron chi connectivity index (χ0n) is 13.9. The summed E-state index contributed by atoms with van der Waals surface area (Å²) >= 11 is 0. The predicted molar refractivity (Wildman–Crippen MR) is 92.8 cm³/mol. The van der Waals surface area contributed by atoms with E-state index in [4.69, 9.17) is 9.15 Å². The minimum atomic E-state index is -0.565. The number of amides is 1. The van der Waals surface area contributed by atoms with Gasteiger partial charge in [0, 0.05) is 43.0 Å². The molecule has 0 aliphatic carbocycles. The Morgan fingerprint density at radius 3 is 3.00 bits per heavy atom. The van der Waals surface area contributed by atoms with Crippen molar-refractivity contribution in [2.75, 3.05) is 13.2 Å². The third-order valence-electron chi connectivity index (χ3n) is 3.71. The van der Waals surface area contributed by atoms with Gasteiger partial charge in [-0.2, -0.15) is 0 Å². The molecule has 130 valence electrons. The summed E-state index contributed by atoms with van der Waals surface area (Å²) in [6, 6.07) is 6.31. The maximum atomic E-state index is 12.4. The monoisotopic (exact) mass is 341 g/mol. The van der Waals surface area contributed by atoms with Gasteiger partial charge < -0.3 is 19.0 Å². The summed E-state index contributed by atoms with van der Waals surface area (Å²) < 4.78 is 12.5. The Morgan fingerprint density at radius 1 is 1.36 bits per heavy atom. The lowest BCUT2D eigenvalue weighted by molar-refractivity contribution is 0.0953. The lowest BCUT2D eigenvalue weighted by atomic mass is 10.1. The number of fused-ring (bicyclic) bond motifs is 1. The molecule has 0 aliphatic rings. The minimum absolute atomic E-state index is 0.298. The molecule has 1 amide bonds. The molecule has 0 atom stereocenters. The number of carbonyl (C=O) groups excluding carboxylic acids is 1. The lowest BCUT2D eigenvalue weighted by Gasteiger charge is -2.09. The van der Waals surface area contributed by atoms with E-state index in [-0.39, 0.29) is 5.91 Å². The Labute approximate surface area is 144 Å². The number of aryl methyl sites for hydroxylation is 1. The van der Waals surface area contributed by atoms with Gasteiger partial charge in [0.1, 0.15) is 11.3 Å². The van der Waals surface area contributed by atoms with Crippen LogP contribution in [0.4, 0.5) is 0 Å². The summed E-state index contributed by atoms with van der Waals surface area (Å²) in [6.45, 7) is 3.63. The van der Waals surface area contributed by atoms with Crippen LogP contribution >= 0.6 is 0 Å². The summed E-state index contributed by atoms with van der Waals surface area (Å²) in [7, 11) is 0. The van der Waals surface area contributed by atoms with Gasteiger partial charge in [0.05, 0.1) is 18.5 Å². The van der Waals surface area contributed by atoms with Crippen LogP contribution in [0, 0.1) is 0 Å². The number of imidazole rings is 1. The van der Waals surface area contributed by atoms with Crippen LogP contribution < -0.4 is 15.7 Å². The van der Waals surface area contributed by atoms with Gasteiger partial charge in [0.25, 0.3) is 5.91 Å². The minimum Gasteiger partial charge on any atom is -0.494 e. The predicted octanol–water partition coefficient (Wildman–Crippen LogP) is 2.21. The fourth-order valence-electron chi connectivity index (χ4n) is 2.57. The van der Waals surface area contributed by atoms with E-state index in [0.717, 1.165) is 13.0 Å². The van der Waals surface area contributed by atoms with E-state index in [0.29, 0.717) is 35.4 Å². The van der Waals surface area contributed by atoms with E-state index in [1.807, 2.05) is 17.7 Å². The molecule has 0 saturated heterocycles. The highest BCUT2D eigenvalue weighted by Gasteiger charge is 2.13. The number of aromatic nitrogens is 2. The maximum absolute atomic E-state index is 12.4. The molecule has 0 bridgehead atoms. The molecule has 1 aromatic carbocycles. The van der Waals surface area contributed by atoms with Crippen molar-refractivity contribution >= 4 is 16.9 Å². The van der Waals surface area contributed by atoms with Gasteiger partial charge in [-0.05, 0) is 25.5 Å². The van der Waals surface area contributed by atoms with Crippen LogP contribution in [0.25, 0.3) is 11.0 Å². The van der Waals surface area contributed by atoms with Crippen molar-refractivity contribution in [2.24, 2.45) is 0 Å². The molecular weight excluding hydrogens is 322 g/mol. The molecule has 3 aromatic rings. The number of hydrogen-bond donors (Lipinski definition) is 1. The molecule has 0 spiro atoms. The van der Waals surface area contributed by atoms with E-state index in [9.17, 15) is 9.59 Å². The standard InChI is InChI=1S/C18H19N3O4/c1-2-24-13-4-5-14-15(11-17(22)25-16(14)10-13)18(23)20-6-3-8-21-9-7-19-12-21/h4-5,7,9-12H,2-3,6,8H2,1H3,(H,20,23). The molecule has 7 heteroatoms. The molecule has 0 saturated carbocycles. The summed E-state index contributed by atoms with van der Waals surface area (Å²) in [6.07, 6.45) is 6.07. The van der Waals surface area contributed by atoms with Crippen LogP contribution in [-0.4, -0.2) is 28.6 Å². The highest BCUT2D eigenvalue weighted by atomic mass is 16.5. The first kappa shape index (κ1) is 16.8. The third kappa shape index (κ3) is 4.06. The number of benzene rings is 1. The average molecular weight is 341 g/mol. The zero-order chi connectivity index (χ0) is 17.6. The Hall–Kier alpha value is -3.09. The van der Waals surface area contributed by atoms with Gasteiger partial charge in [-0.1, -0.05) is 0 Å². The van der Waals surface area contributed by atoms with Gasteiger partial charge >= 0.3 is 5.63 Å². The average Bonchev–Trinajstić information content (AvgIpc) is 3.11. The molecule has 1 N–H and O–H groups in total. The molecule has 2 heterocycles. The van der Waals surface area contributed by atoms with Crippen LogP contribution in [0.15, 0.2) is 52.2 Å². The van der Waals surface area contributed by atoms with Crippen LogP contribution in [0.3, 0.4) is 0 Å². The Balaban J connectivity index is 1.72. The SMILES string of the molecule is CCOc1ccc2c(C(=O)NCCCn3ccnc3)cc(=O)oc2c1. The van der Waals surface area contributed by atoms with Crippen molar-refractivity contribution < 1.29 is 13.9 Å². The zero-order valence-corrected chi connectivity index (χ0v) is 13.9. The van der Waals surface area contributed by atoms with Crippen molar-refractivity contribution in [1.29, 1.82) is 0 Å². The molecule has 3 rings (SSSR count). The molecular formula is C18H19N3O4. The first-order valence-corrected chi connectivity index (χ1v) is 8.12. The number of nitrogens with one attached hydrogen (secondary N) is 1. The topological polar surface area (TPSA) is 86.4 Å². The van der Waals surface area contributed by atoms with E-state index in [1.165, 1.54) is 6.07 Å². The highest BCUT2D eigenvalue weighted by molar-refractivity contribution is 6.05. The quantitative estimate of drug-likeness (QED) is 0.526. The van der Waals surface area contributed by atoms with E-state index in [1.54, 1.807) is 30.7 Å². The normalized spacial score (nSPS) is 10.8. The maximum Gasteiger partial charge on any atom is 0.337 e. The second kappa shape index (κ2) is 7.65. The second-order valence-electron chi connectivity index (χ2n) is 5.48. The highest BCUT2D eigenvalue weighted by Crippen LogP contribution is 2.22. The first-order chi connectivity index (χ1) is 12.2.